The molecule has 1 aliphatic heterocycles. The highest BCUT2D eigenvalue weighted by Crippen LogP contribution is 2.37. The molecular formula is C19H24N2O5S2. The van der Waals surface area contributed by atoms with Crippen LogP contribution < -0.4 is 5.32 Å². The van der Waals surface area contributed by atoms with Gasteiger partial charge >= 0.3 is 0 Å². The van der Waals surface area contributed by atoms with Crippen LogP contribution in [-0.4, -0.2) is 44.9 Å². The minimum absolute atomic E-state index is 0.0198. The lowest BCUT2D eigenvalue weighted by Gasteiger charge is -2.24. The number of hydrogen-bond acceptors (Lipinski definition) is 6. The highest BCUT2D eigenvalue weighted by atomic mass is 32.2. The van der Waals surface area contributed by atoms with Crippen LogP contribution >= 0.6 is 11.3 Å². The number of carbonyl (C=O) groups excluding carboxylic acids is 1. The van der Waals surface area contributed by atoms with Gasteiger partial charge in [-0.2, -0.15) is 4.31 Å². The van der Waals surface area contributed by atoms with Crippen molar-refractivity contribution in [3.8, 4) is 0 Å². The summed E-state index contributed by atoms with van der Waals surface area (Å²) in [5.41, 5.74) is 0. The first-order valence-electron chi connectivity index (χ1n) is 9.58. The number of rotatable bonds is 6. The molecule has 0 aromatic carbocycles. The molecule has 1 amide bonds. The van der Waals surface area contributed by atoms with Gasteiger partial charge in [0.25, 0.3) is 15.9 Å². The number of furan rings is 1. The zero-order valence-electron chi connectivity index (χ0n) is 15.5. The summed E-state index contributed by atoms with van der Waals surface area (Å²) < 4.78 is 37.4. The highest BCUT2D eigenvalue weighted by molar-refractivity contribution is 7.89. The van der Waals surface area contributed by atoms with Crippen LogP contribution in [0.3, 0.4) is 0 Å². The first kappa shape index (κ1) is 19.6. The first-order valence-corrected chi connectivity index (χ1v) is 11.9. The summed E-state index contributed by atoms with van der Waals surface area (Å²) in [4.78, 5) is 13.9. The lowest BCUT2D eigenvalue weighted by molar-refractivity contribution is 0.0722. The van der Waals surface area contributed by atoms with Gasteiger partial charge < -0.3 is 14.5 Å². The third kappa shape index (κ3) is 4.03. The Bertz CT molecular complexity index is 895. The van der Waals surface area contributed by atoms with Crippen molar-refractivity contribution in [3.63, 3.8) is 0 Å². The minimum Gasteiger partial charge on any atom is -0.438 e. The van der Waals surface area contributed by atoms with Gasteiger partial charge in [-0.1, -0.05) is 18.9 Å². The van der Waals surface area contributed by atoms with Gasteiger partial charge in [0.1, 0.15) is 0 Å². The molecule has 0 spiro atoms. The molecule has 1 N–H and O–H groups in total. The van der Waals surface area contributed by atoms with E-state index in [1.54, 1.807) is 11.3 Å². The third-order valence-corrected chi connectivity index (χ3v) is 8.11. The monoisotopic (exact) mass is 424 g/mol. The molecule has 1 aliphatic carbocycles. The van der Waals surface area contributed by atoms with Crippen LogP contribution in [0.2, 0.25) is 0 Å². The average Bonchev–Trinajstić information content (AvgIpc) is 3.49. The van der Waals surface area contributed by atoms with Gasteiger partial charge in [0, 0.05) is 18.0 Å². The molecule has 4 rings (SSSR count). The van der Waals surface area contributed by atoms with Gasteiger partial charge in [0.2, 0.25) is 5.09 Å². The van der Waals surface area contributed by atoms with Gasteiger partial charge in [0.15, 0.2) is 5.76 Å². The van der Waals surface area contributed by atoms with Crippen LogP contribution in [0.25, 0.3) is 0 Å². The maximum absolute atomic E-state index is 12.8. The smallest absolute Gasteiger partial charge is 0.287 e. The van der Waals surface area contributed by atoms with Crippen molar-refractivity contribution in [1.82, 2.24) is 9.62 Å². The number of sulfonamides is 1. The molecule has 7 nitrogen and oxygen atoms in total. The van der Waals surface area contributed by atoms with Gasteiger partial charge in [0.05, 0.1) is 19.3 Å². The van der Waals surface area contributed by atoms with Crippen LogP contribution in [0, 0.1) is 5.92 Å². The van der Waals surface area contributed by atoms with Crippen LogP contribution in [-0.2, 0) is 14.8 Å². The average molecular weight is 425 g/mol. The Balaban J connectivity index is 1.50. The van der Waals surface area contributed by atoms with E-state index in [0.29, 0.717) is 19.1 Å². The molecule has 0 bridgehead atoms. The highest BCUT2D eigenvalue weighted by Gasteiger charge is 2.32. The van der Waals surface area contributed by atoms with Crippen molar-refractivity contribution in [2.45, 2.75) is 36.8 Å². The number of nitrogens with one attached hydrogen (secondary N) is 1. The second-order valence-electron chi connectivity index (χ2n) is 7.15. The van der Waals surface area contributed by atoms with Crippen molar-refractivity contribution in [3.05, 3.63) is 40.3 Å². The number of nitrogens with zero attached hydrogens (tertiary/aromatic N) is 1. The Morgan fingerprint density at radius 3 is 2.61 bits per heavy atom. The Hall–Kier alpha value is -1.68. The second kappa shape index (κ2) is 8.36. The van der Waals surface area contributed by atoms with Gasteiger partial charge in [-0.25, -0.2) is 8.42 Å². The molecule has 152 valence electrons. The van der Waals surface area contributed by atoms with Crippen molar-refractivity contribution in [2.75, 3.05) is 26.3 Å². The van der Waals surface area contributed by atoms with E-state index in [-0.39, 0.29) is 35.9 Å². The fourth-order valence-corrected chi connectivity index (χ4v) is 6.08. The van der Waals surface area contributed by atoms with E-state index in [1.165, 1.54) is 29.3 Å². The van der Waals surface area contributed by atoms with E-state index in [4.69, 9.17) is 9.15 Å². The van der Waals surface area contributed by atoms with Gasteiger partial charge in [-0.3, -0.25) is 4.79 Å². The molecule has 1 saturated carbocycles. The molecule has 1 atom stereocenters. The number of carbonyl (C=O) groups is 1. The molecule has 2 fully saturated rings. The van der Waals surface area contributed by atoms with E-state index in [9.17, 15) is 13.2 Å². The number of morpholine rings is 1. The summed E-state index contributed by atoms with van der Waals surface area (Å²) >= 11 is 1.62. The maximum Gasteiger partial charge on any atom is 0.287 e. The van der Waals surface area contributed by atoms with E-state index >= 15 is 0 Å². The van der Waals surface area contributed by atoms with Crippen LogP contribution in [0.4, 0.5) is 0 Å². The predicted molar refractivity (Wildman–Crippen MR) is 105 cm³/mol. The lowest BCUT2D eigenvalue weighted by Crippen LogP contribution is -2.40. The SMILES string of the molecule is O=C(N[C@H](c1cccs1)C1CCCC1)c1ccc(S(=O)(=O)N2CCOCC2)o1. The summed E-state index contributed by atoms with van der Waals surface area (Å²) in [5.74, 6) is 0.0363. The summed E-state index contributed by atoms with van der Waals surface area (Å²) in [6, 6.07) is 6.73. The van der Waals surface area contributed by atoms with Crippen molar-refractivity contribution in [2.24, 2.45) is 5.92 Å². The van der Waals surface area contributed by atoms with E-state index < -0.39 is 10.0 Å². The number of thiophene rings is 1. The molecule has 1 saturated heterocycles. The first-order chi connectivity index (χ1) is 13.6. The second-order valence-corrected chi connectivity index (χ2v) is 9.99. The molecule has 2 aromatic heterocycles. The van der Waals surface area contributed by atoms with E-state index in [2.05, 4.69) is 5.32 Å². The zero-order valence-corrected chi connectivity index (χ0v) is 17.1. The number of hydrogen-bond donors (Lipinski definition) is 1. The number of amides is 1. The molecule has 3 heterocycles. The van der Waals surface area contributed by atoms with Gasteiger partial charge in [-0.05, 0) is 42.3 Å². The fourth-order valence-electron chi connectivity index (χ4n) is 3.89. The van der Waals surface area contributed by atoms with Crippen LogP contribution in [0.5, 0.6) is 0 Å². The number of ether oxygens (including phenoxy) is 1. The predicted octanol–water partition coefficient (Wildman–Crippen LogP) is 3.02. The van der Waals surface area contributed by atoms with E-state index in [1.807, 2.05) is 17.5 Å². The molecular weight excluding hydrogens is 400 g/mol. The molecule has 28 heavy (non-hydrogen) atoms. The topological polar surface area (TPSA) is 88.9 Å². The Morgan fingerprint density at radius 1 is 1.18 bits per heavy atom. The minimum atomic E-state index is -3.75. The Labute approximate surface area is 168 Å². The fraction of sp³-hybridized carbons (Fsp3) is 0.526. The molecule has 9 heteroatoms. The quantitative estimate of drug-likeness (QED) is 0.770. The summed E-state index contributed by atoms with van der Waals surface area (Å²) in [7, 11) is -3.75. The van der Waals surface area contributed by atoms with E-state index in [0.717, 1.165) is 17.7 Å². The maximum atomic E-state index is 12.8. The normalized spacial score (nSPS) is 20.3. The third-order valence-electron chi connectivity index (χ3n) is 5.38. The standard InChI is InChI=1S/C19H24N2O5S2/c22-19(20-18(14-4-1-2-5-14)16-6-3-13-27-16)15-7-8-17(26-15)28(23,24)21-9-11-25-12-10-21/h3,6-8,13-14,18H,1-2,4-5,9-12H2,(H,20,22)/t18-/m0/s1. The molecule has 2 aromatic rings. The van der Waals surface area contributed by atoms with Gasteiger partial charge in [-0.15, -0.1) is 11.3 Å². The zero-order chi connectivity index (χ0) is 19.6. The lowest BCUT2D eigenvalue weighted by atomic mass is 9.96. The van der Waals surface area contributed by atoms with Crippen LogP contribution in [0.15, 0.2) is 39.2 Å². The summed E-state index contributed by atoms with van der Waals surface area (Å²) in [6.07, 6.45) is 4.51. The largest absolute Gasteiger partial charge is 0.438 e. The Morgan fingerprint density at radius 2 is 1.93 bits per heavy atom. The molecule has 2 aliphatic rings. The molecule has 0 radical (unpaired) electrons. The van der Waals surface area contributed by atoms with Crippen molar-refractivity contribution < 1.29 is 22.4 Å². The van der Waals surface area contributed by atoms with Crippen molar-refractivity contribution >= 4 is 27.3 Å². The van der Waals surface area contributed by atoms with Crippen molar-refractivity contribution in [1.29, 1.82) is 0 Å². The summed E-state index contributed by atoms with van der Waals surface area (Å²) in [5, 5.41) is 4.87. The van der Waals surface area contributed by atoms with Crippen LogP contribution in [0.1, 0.15) is 47.2 Å². The Kier molecular flexibility index (Phi) is 5.86. The molecule has 0 unspecified atom stereocenters. The summed E-state index contributed by atoms with van der Waals surface area (Å²) in [6.45, 7) is 1.29.